The maximum absolute atomic E-state index is 11.8. The molecule has 3 N–H and O–H groups in total. The molecule has 0 saturated heterocycles. The highest BCUT2D eigenvalue weighted by atomic mass is 16.5. The third-order valence-corrected chi connectivity index (χ3v) is 2.51. The molecule has 0 aromatic heterocycles. The lowest BCUT2D eigenvalue weighted by Gasteiger charge is -2.08. The van der Waals surface area contributed by atoms with E-state index >= 15 is 0 Å². The van der Waals surface area contributed by atoms with Crippen LogP contribution >= 0.6 is 0 Å². The van der Waals surface area contributed by atoms with E-state index in [0.717, 1.165) is 12.0 Å². The Morgan fingerprint density at radius 2 is 2.00 bits per heavy atom. The first-order chi connectivity index (χ1) is 8.63. The zero-order valence-electron chi connectivity index (χ0n) is 11.1. The van der Waals surface area contributed by atoms with Crippen molar-refractivity contribution in [1.29, 1.82) is 0 Å². The first-order valence-electron chi connectivity index (χ1n) is 6.32. The number of benzene rings is 1. The highest BCUT2D eigenvalue weighted by molar-refractivity contribution is 5.94. The van der Waals surface area contributed by atoms with E-state index in [9.17, 15) is 4.79 Å². The van der Waals surface area contributed by atoms with Crippen LogP contribution in [0.15, 0.2) is 24.3 Å². The molecule has 1 rings (SSSR count). The van der Waals surface area contributed by atoms with Crippen molar-refractivity contribution in [1.82, 2.24) is 5.32 Å². The molecule has 0 saturated carbocycles. The number of nitrogens with two attached hydrogens (primary N) is 1. The first-order valence-corrected chi connectivity index (χ1v) is 6.32. The van der Waals surface area contributed by atoms with Crippen LogP contribution in [0.1, 0.15) is 36.2 Å². The predicted molar refractivity (Wildman–Crippen MR) is 72.4 cm³/mol. The molecule has 1 amide bonds. The normalized spacial score (nSPS) is 10.7. The van der Waals surface area contributed by atoms with E-state index < -0.39 is 0 Å². The van der Waals surface area contributed by atoms with Crippen molar-refractivity contribution in [3.8, 4) is 0 Å². The minimum absolute atomic E-state index is 0.0527. The van der Waals surface area contributed by atoms with E-state index in [1.54, 1.807) is 12.1 Å². The van der Waals surface area contributed by atoms with E-state index in [1.807, 2.05) is 26.0 Å². The number of hydrogen-bond donors (Lipinski definition) is 2. The van der Waals surface area contributed by atoms with Crippen LogP contribution in [-0.4, -0.2) is 25.2 Å². The molecule has 1 aromatic carbocycles. The third kappa shape index (κ3) is 5.29. The molecule has 0 bridgehead atoms. The van der Waals surface area contributed by atoms with Gasteiger partial charge in [0.05, 0.1) is 6.10 Å². The molecule has 0 heterocycles. The van der Waals surface area contributed by atoms with Crippen molar-refractivity contribution in [2.24, 2.45) is 5.73 Å². The Balaban J connectivity index is 2.27. The number of hydrogen-bond acceptors (Lipinski definition) is 3. The van der Waals surface area contributed by atoms with Gasteiger partial charge >= 0.3 is 0 Å². The van der Waals surface area contributed by atoms with Crippen LogP contribution in [0.5, 0.6) is 0 Å². The average molecular weight is 250 g/mol. The Bertz CT molecular complexity index is 361. The van der Waals surface area contributed by atoms with Crippen LogP contribution < -0.4 is 11.1 Å². The molecule has 18 heavy (non-hydrogen) atoms. The number of carbonyl (C=O) groups excluding carboxylic acids is 1. The molecule has 0 radical (unpaired) electrons. The largest absolute Gasteiger partial charge is 0.379 e. The highest BCUT2D eigenvalue weighted by Crippen LogP contribution is 2.03. The van der Waals surface area contributed by atoms with Crippen molar-refractivity contribution in [2.45, 2.75) is 32.9 Å². The number of amides is 1. The van der Waals surface area contributed by atoms with Crippen LogP contribution in [0.4, 0.5) is 0 Å². The molecule has 0 aliphatic heterocycles. The lowest BCUT2D eigenvalue weighted by Crippen LogP contribution is -2.25. The van der Waals surface area contributed by atoms with Gasteiger partial charge in [-0.25, -0.2) is 0 Å². The second kappa shape index (κ2) is 7.84. The lowest BCUT2D eigenvalue weighted by molar-refractivity contribution is 0.0757. The van der Waals surface area contributed by atoms with Gasteiger partial charge in [-0.1, -0.05) is 12.1 Å². The fourth-order valence-electron chi connectivity index (χ4n) is 1.49. The quantitative estimate of drug-likeness (QED) is 0.724. The monoisotopic (exact) mass is 250 g/mol. The van der Waals surface area contributed by atoms with Gasteiger partial charge in [-0.15, -0.1) is 0 Å². The highest BCUT2D eigenvalue weighted by Gasteiger charge is 2.04. The molecular weight excluding hydrogens is 228 g/mol. The summed E-state index contributed by atoms with van der Waals surface area (Å²) in [5, 5.41) is 2.86. The fourth-order valence-corrected chi connectivity index (χ4v) is 1.49. The van der Waals surface area contributed by atoms with Gasteiger partial charge in [0.25, 0.3) is 5.91 Å². The standard InChI is InChI=1S/C14H22N2O2/c1-11(2)18-9-3-8-16-14(17)13-6-4-12(10-15)5-7-13/h4-7,11H,3,8-10,15H2,1-2H3,(H,16,17). The molecule has 0 unspecified atom stereocenters. The van der Waals surface area contributed by atoms with Crippen LogP contribution in [0.3, 0.4) is 0 Å². The molecule has 100 valence electrons. The second-order valence-corrected chi connectivity index (χ2v) is 4.43. The predicted octanol–water partition coefficient (Wildman–Crippen LogP) is 1.69. The Morgan fingerprint density at radius 3 is 2.56 bits per heavy atom. The van der Waals surface area contributed by atoms with Crippen LogP contribution in [0, 0.1) is 0 Å². The summed E-state index contributed by atoms with van der Waals surface area (Å²) in [6, 6.07) is 7.33. The molecule has 1 aromatic rings. The van der Waals surface area contributed by atoms with Crippen molar-refractivity contribution in [3.63, 3.8) is 0 Å². The van der Waals surface area contributed by atoms with Crippen molar-refractivity contribution >= 4 is 5.91 Å². The topological polar surface area (TPSA) is 64.3 Å². The summed E-state index contributed by atoms with van der Waals surface area (Å²) in [4.78, 5) is 11.8. The van der Waals surface area contributed by atoms with Crippen molar-refractivity contribution in [2.75, 3.05) is 13.2 Å². The molecular formula is C14H22N2O2. The third-order valence-electron chi connectivity index (χ3n) is 2.51. The average Bonchev–Trinajstić information content (AvgIpc) is 2.38. The Morgan fingerprint density at radius 1 is 1.33 bits per heavy atom. The van der Waals surface area contributed by atoms with Gasteiger partial charge < -0.3 is 15.8 Å². The number of rotatable bonds is 7. The van der Waals surface area contributed by atoms with E-state index in [2.05, 4.69) is 5.32 Å². The SMILES string of the molecule is CC(C)OCCCNC(=O)c1ccc(CN)cc1. The smallest absolute Gasteiger partial charge is 0.251 e. The Labute approximate surface area is 109 Å². The van der Waals surface area contributed by atoms with Gasteiger partial charge in [0.15, 0.2) is 0 Å². The van der Waals surface area contributed by atoms with E-state index in [4.69, 9.17) is 10.5 Å². The van der Waals surface area contributed by atoms with Gasteiger partial charge in [0, 0.05) is 25.3 Å². The molecule has 0 atom stereocenters. The Kier molecular flexibility index (Phi) is 6.39. The first kappa shape index (κ1) is 14.7. The van der Waals surface area contributed by atoms with E-state index in [0.29, 0.717) is 25.3 Å². The van der Waals surface area contributed by atoms with Crippen molar-refractivity contribution < 1.29 is 9.53 Å². The molecule has 0 aliphatic rings. The van der Waals surface area contributed by atoms with E-state index in [1.165, 1.54) is 0 Å². The van der Waals surface area contributed by atoms with Gasteiger partial charge in [-0.2, -0.15) is 0 Å². The maximum Gasteiger partial charge on any atom is 0.251 e. The second-order valence-electron chi connectivity index (χ2n) is 4.43. The number of ether oxygens (including phenoxy) is 1. The summed E-state index contributed by atoms with van der Waals surface area (Å²) >= 11 is 0. The summed E-state index contributed by atoms with van der Waals surface area (Å²) in [7, 11) is 0. The van der Waals surface area contributed by atoms with E-state index in [-0.39, 0.29) is 12.0 Å². The summed E-state index contributed by atoms with van der Waals surface area (Å²) in [6.45, 7) is 5.79. The molecule has 0 spiro atoms. The van der Waals surface area contributed by atoms with Gasteiger partial charge in [-0.3, -0.25) is 4.79 Å². The van der Waals surface area contributed by atoms with Crippen LogP contribution in [0.2, 0.25) is 0 Å². The van der Waals surface area contributed by atoms with Crippen LogP contribution in [0.25, 0.3) is 0 Å². The van der Waals surface area contributed by atoms with Crippen molar-refractivity contribution in [3.05, 3.63) is 35.4 Å². The summed E-state index contributed by atoms with van der Waals surface area (Å²) < 4.78 is 5.39. The minimum atomic E-state index is -0.0527. The zero-order valence-corrected chi connectivity index (χ0v) is 11.1. The molecule has 4 nitrogen and oxygen atoms in total. The Hall–Kier alpha value is -1.39. The minimum Gasteiger partial charge on any atom is -0.379 e. The zero-order chi connectivity index (χ0) is 13.4. The summed E-state index contributed by atoms with van der Waals surface area (Å²) in [6.07, 6.45) is 1.06. The molecule has 4 heteroatoms. The summed E-state index contributed by atoms with van der Waals surface area (Å²) in [5.41, 5.74) is 7.19. The lowest BCUT2D eigenvalue weighted by atomic mass is 10.1. The molecule has 0 aliphatic carbocycles. The van der Waals surface area contributed by atoms with Gasteiger partial charge in [0.1, 0.15) is 0 Å². The van der Waals surface area contributed by atoms with Gasteiger partial charge in [-0.05, 0) is 38.0 Å². The summed E-state index contributed by atoms with van der Waals surface area (Å²) in [5.74, 6) is -0.0527. The fraction of sp³-hybridized carbons (Fsp3) is 0.500. The number of nitrogens with one attached hydrogen (secondary N) is 1. The maximum atomic E-state index is 11.8. The van der Waals surface area contributed by atoms with Gasteiger partial charge in [0.2, 0.25) is 0 Å². The van der Waals surface area contributed by atoms with Crippen LogP contribution in [-0.2, 0) is 11.3 Å². The number of carbonyl (C=O) groups is 1. The molecule has 0 fully saturated rings.